The summed E-state index contributed by atoms with van der Waals surface area (Å²) in [5.41, 5.74) is 0. The molecule has 0 aromatic rings. The summed E-state index contributed by atoms with van der Waals surface area (Å²) in [5, 5.41) is 0. The summed E-state index contributed by atoms with van der Waals surface area (Å²) >= 11 is 0. The molecule has 0 unspecified atom stereocenters. The van der Waals surface area contributed by atoms with Gasteiger partial charge in [0.1, 0.15) is 0 Å². The molecule has 0 fully saturated rings. The van der Waals surface area contributed by atoms with Crippen LogP contribution in [0.4, 0.5) is 0 Å². The lowest BCUT2D eigenvalue weighted by Gasteiger charge is -2.22. The van der Waals surface area contributed by atoms with Gasteiger partial charge in [0, 0.05) is 0 Å². The van der Waals surface area contributed by atoms with Crippen LogP contribution >= 0.6 is 0 Å². The number of rotatable bonds is 14. The fourth-order valence-electron chi connectivity index (χ4n) is 2.32. The normalized spacial score (nSPS) is 11.1. The second-order valence-corrected chi connectivity index (χ2v) is 5.39. The Labute approximate surface area is 116 Å². The van der Waals surface area contributed by atoms with Crippen LogP contribution in [0.1, 0.15) is 78.1 Å². The van der Waals surface area contributed by atoms with Crippen LogP contribution in [-0.4, -0.2) is 24.5 Å². The predicted octanol–water partition coefficient (Wildman–Crippen LogP) is 5.42. The zero-order valence-electron chi connectivity index (χ0n) is 12.9. The molecule has 0 spiro atoms. The van der Waals surface area contributed by atoms with Crippen LogP contribution in [0.5, 0.6) is 0 Å². The standard InChI is InChI=1S/C17H35N/c1-4-7-10-13-16-18(15-12-9-6-3)17-14-11-8-5-2/h6H,3-5,7-17H2,1-2H3. The number of hydrogen-bond donors (Lipinski definition) is 0. The van der Waals surface area contributed by atoms with Crippen LogP contribution in [0.2, 0.25) is 0 Å². The van der Waals surface area contributed by atoms with Gasteiger partial charge >= 0.3 is 0 Å². The molecule has 0 bridgehead atoms. The molecule has 0 aliphatic heterocycles. The summed E-state index contributed by atoms with van der Waals surface area (Å²) in [6, 6.07) is 0. The minimum atomic E-state index is 1.17. The molecule has 0 N–H and O–H groups in total. The van der Waals surface area contributed by atoms with E-state index in [1.54, 1.807) is 0 Å². The summed E-state index contributed by atoms with van der Waals surface area (Å²) in [5.74, 6) is 0. The SMILES string of the molecule is C=CCCCN(CCCCCC)CCCCCC. The van der Waals surface area contributed by atoms with E-state index in [9.17, 15) is 0 Å². The molecule has 0 saturated heterocycles. The highest BCUT2D eigenvalue weighted by atomic mass is 15.1. The molecule has 108 valence electrons. The van der Waals surface area contributed by atoms with E-state index >= 15 is 0 Å². The third-order valence-electron chi connectivity index (χ3n) is 3.54. The Morgan fingerprint density at radius 1 is 0.722 bits per heavy atom. The molecule has 0 aliphatic carbocycles. The van der Waals surface area contributed by atoms with Crippen molar-refractivity contribution in [2.45, 2.75) is 78.1 Å². The van der Waals surface area contributed by atoms with E-state index in [2.05, 4.69) is 25.3 Å². The zero-order valence-corrected chi connectivity index (χ0v) is 12.9. The summed E-state index contributed by atoms with van der Waals surface area (Å²) in [6.07, 6.45) is 15.6. The van der Waals surface area contributed by atoms with Crippen LogP contribution in [0, 0.1) is 0 Å². The van der Waals surface area contributed by atoms with E-state index in [0.717, 1.165) is 0 Å². The van der Waals surface area contributed by atoms with Crippen LogP contribution < -0.4 is 0 Å². The second-order valence-electron chi connectivity index (χ2n) is 5.39. The van der Waals surface area contributed by atoms with Crippen molar-refractivity contribution in [2.75, 3.05) is 19.6 Å². The highest BCUT2D eigenvalue weighted by molar-refractivity contribution is 4.68. The maximum Gasteiger partial charge on any atom is -0.00158 e. The molecule has 0 aromatic carbocycles. The van der Waals surface area contributed by atoms with E-state index in [0.29, 0.717) is 0 Å². The van der Waals surface area contributed by atoms with Gasteiger partial charge < -0.3 is 4.90 Å². The molecule has 0 radical (unpaired) electrons. The first-order valence-corrected chi connectivity index (χ1v) is 8.18. The number of unbranched alkanes of at least 4 members (excludes halogenated alkanes) is 7. The predicted molar refractivity (Wildman–Crippen MR) is 84.2 cm³/mol. The molecule has 0 atom stereocenters. The third kappa shape index (κ3) is 12.2. The lowest BCUT2D eigenvalue weighted by Crippen LogP contribution is -2.27. The quantitative estimate of drug-likeness (QED) is 0.295. The number of nitrogens with zero attached hydrogens (tertiary/aromatic N) is 1. The van der Waals surface area contributed by atoms with Gasteiger partial charge in [-0.15, -0.1) is 6.58 Å². The molecular weight excluding hydrogens is 218 g/mol. The molecule has 1 nitrogen and oxygen atoms in total. The molecule has 0 saturated carbocycles. The highest BCUT2D eigenvalue weighted by Gasteiger charge is 2.03. The molecule has 0 rings (SSSR count). The first-order valence-electron chi connectivity index (χ1n) is 8.18. The maximum atomic E-state index is 3.81. The minimum Gasteiger partial charge on any atom is -0.303 e. The van der Waals surface area contributed by atoms with Gasteiger partial charge in [-0.2, -0.15) is 0 Å². The summed E-state index contributed by atoms with van der Waals surface area (Å²) in [4.78, 5) is 2.68. The van der Waals surface area contributed by atoms with E-state index in [4.69, 9.17) is 0 Å². The Balaban J connectivity index is 3.65. The van der Waals surface area contributed by atoms with Crippen LogP contribution in [0.3, 0.4) is 0 Å². The second kappa shape index (κ2) is 14.8. The monoisotopic (exact) mass is 253 g/mol. The number of hydrogen-bond acceptors (Lipinski definition) is 1. The van der Waals surface area contributed by atoms with Crippen molar-refractivity contribution in [3.63, 3.8) is 0 Å². The Kier molecular flexibility index (Phi) is 14.5. The van der Waals surface area contributed by atoms with Crippen molar-refractivity contribution in [3.05, 3.63) is 12.7 Å². The van der Waals surface area contributed by atoms with Gasteiger partial charge in [-0.05, 0) is 45.3 Å². The van der Waals surface area contributed by atoms with Gasteiger partial charge in [-0.25, -0.2) is 0 Å². The van der Waals surface area contributed by atoms with Crippen molar-refractivity contribution < 1.29 is 0 Å². The summed E-state index contributed by atoms with van der Waals surface area (Å²) < 4.78 is 0. The summed E-state index contributed by atoms with van der Waals surface area (Å²) in [6.45, 7) is 12.3. The van der Waals surface area contributed by atoms with Crippen molar-refractivity contribution in [1.29, 1.82) is 0 Å². The lowest BCUT2D eigenvalue weighted by atomic mass is 10.1. The van der Waals surface area contributed by atoms with Crippen molar-refractivity contribution in [3.8, 4) is 0 Å². The van der Waals surface area contributed by atoms with Crippen molar-refractivity contribution in [2.24, 2.45) is 0 Å². The smallest absolute Gasteiger partial charge is 0.00158 e. The Morgan fingerprint density at radius 2 is 1.22 bits per heavy atom. The topological polar surface area (TPSA) is 3.24 Å². The molecular formula is C17H35N. The Morgan fingerprint density at radius 3 is 1.67 bits per heavy atom. The average molecular weight is 253 g/mol. The molecule has 1 heteroatoms. The fraction of sp³-hybridized carbons (Fsp3) is 0.882. The van der Waals surface area contributed by atoms with Crippen LogP contribution in [0.15, 0.2) is 12.7 Å². The van der Waals surface area contributed by atoms with Gasteiger partial charge in [-0.3, -0.25) is 0 Å². The first kappa shape index (κ1) is 17.7. The van der Waals surface area contributed by atoms with Gasteiger partial charge in [0.15, 0.2) is 0 Å². The van der Waals surface area contributed by atoms with Gasteiger partial charge in [0.25, 0.3) is 0 Å². The van der Waals surface area contributed by atoms with Gasteiger partial charge in [0.2, 0.25) is 0 Å². The number of allylic oxidation sites excluding steroid dienone is 1. The zero-order chi connectivity index (χ0) is 13.5. The van der Waals surface area contributed by atoms with Crippen molar-refractivity contribution in [1.82, 2.24) is 4.90 Å². The lowest BCUT2D eigenvalue weighted by molar-refractivity contribution is 0.258. The largest absolute Gasteiger partial charge is 0.303 e. The van der Waals surface area contributed by atoms with Crippen molar-refractivity contribution >= 4 is 0 Å². The Hall–Kier alpha value is -0.300. The Bertz CT molecular complexity index is 153. The highest BCUT2D eigenvalue weighted by Crippen LogP contribution is 2.06. The van der Waals surface area contributed by atoms with E-state index in [1.165, 1.54) is 83.8 Å². The third-order valence-corrected chi connectivity index (χ3v) is 3.54. The van der Waals surface area contributed by atoms with E-state index < -0.39 is 0 Å². The molecule has 0 aliphatic rings. The van der Waals surface area contributed by atoms with E-state index in [-0.39, 0.29) is 0 Å². The van der Waals surface area contributed by atoms with Gasteiger partial charge in [0.05, 0.1) is 0 Å². The summed E-state index contributed by atoms with van der Waals surface area (Å²) in [7, 11) is 0. The first-order chi connectivity index (χ1) is 8.85. The fourth-order valence-corrected chi connectivity index (χ4v) is 2.32. The molecule has 0 heterocycles. The molecule has 18 heavy (non-hydrogen) atoms. The molecule has 0 amide bonds. The van der Waals surface area contributed by atoms with E-state index in [1.807, 2.05) is 6.08 Å². The minimum absolute atomic E-state index is 1.17. The van der Waals surface area contributed by atoms with Crippen LogP contribution in [0.25, 0.3) is 0 Å². The van der Waals surface area contributed by atoms with Gasteiger partial charge in [-0.1, -0.05) is 58.4 Å². The van der Waals surface area contributed by atoms with Crippen LogP contribution in [-0.2, 0) is 0 Å². The molecule has 0 aromatic heterocycles. The maximum absolute atomic E-state index is 3.81. The average Bonchev–Trinajstić information content (AvgIpc) is 2.39.